The molecule has 22 heavy (non-hydrogen) atoms. The van der Waals surface area contributed by atoms with E-state index < -0.39 is 49.0 Å². The zero-order valence-corrected chi connectivity index (χ0v) is 11.3. The zero-order valence-electron chi connectivity index (χ0n) is 11.3. The number of carboxylic acid groups (broad SMARTS) is 1. The molecular formula is C13H17NO8. The highest BCUT2D eigenvalue weighted by atomic mass is 16.6. The quantitative estimate of drug-likeness (QED) is 0.321. The Hall–Kier alpha value is -1.91. The number of hydrogen-bond acceptors (Lipinski definition) is 8. The molecule has 0 bridgehead atoms. The Balaban J connectivity index is 2.19. The van der Waals surface area contributed by atoms with Crippen molar-refractivity contribution in [1.29, 1.82) is 0 Å². The van der Waals surface area contributed by atoms with Crippen LogP contribution in [0.4, 0.5) is 5.69 Å². The number of aliphatic hydroxyl groups excluding tert-OH is 4. The normalized spacial score (nSPS) is 31.7. The molecule has 9 nitrogen and oxygen atoms in total. The number of rotatable bonds is 4. The number of benzene rings is 1. The third kappa shape index (κ3) is 3.13. The molecule has 122 valence electrons. The Kier molecular flexibility index (Phi) is 4.84. The van der Waals surface area contributed by atoms with Gasteiger partial charge in [0.25, 0.3) is 0 Å². The molecule has 5 atom stereocenters. The van der Waals surface area contributed by atoms with Crippen LogP contribution >= 0.6 is 0 Å². The Morgan fingerprint density at radius 1 is 1.18 bits per heavy atom. The van der Waals surface area contributed by atoms with Crippen molar-refractivity contribution in [2.75, 3.05) is 11.9 Å². The predicted molar refractivity (Wildman–Crippen MR) is 72.5 cm³/mol. The average Bonchev–Trinajstić information content (AvgIpc) is 2.49. The molecule has 0 radical (unpaired) electrons. The number of nitrogens with one attached hydrogen (secondary N) is 1. The first-order valence-electron chi connectivity index (χ1n) is 6.48. The van der Waals surface area contributed by atoms with Gasteiger partial charge in [0.1, 0.15) is 35.7 Å². The molecule has 1 aliphatic heterocycles. The SMILES string of the molecule is O=C(O)c1cc(NC2O[C@H](CO)[C@@H](O)[C@H](O)[C@H]2O)ccc1O. The van der Waals surface area contributed by atoms with Gasteiger partial charge in [0.05, 0.1) is 6.61 Å². The molecule has 0 saturated carbocycles. The van der Waals surface area contributed by atoms with Gasteiger partial charge in [-0.05, 0) is 18.2 Å². The van der Waals surface area contributed by atoms with Crippen molar-refractivity contribution in [3.05, 3.63) is 23.8 Å². The van der Waals surface area contributed by atoms with E-state index in [9.17, 15) is 25.2 Å². The first-order valence-corrected chi connectivity index (χ1v) is 6.48. The molecule has 7 N–H and O–H groups in total. The van der Waals surface area contributed by atoms with Gasteiger partial charge < -0.3 is 40.7 Å². The molecule has 1 fully saturated rings. The second-order valence-electron chi connectivity index (χ2n) is 4.93. The van der Waals surface area contributed by atoms with Gasteiger partial charge in [-0.25, -0.2) is 4.79 Å². The number of ether oxygens (including phenoxy) is 1. The van der Waals surface area contributed by atoms with Crippen LogP contribution in [0.15, 0.2) is 18.2 Å². The van der Waals surface area contributed by atoms with E-state index in [4.69, 9.17) is 14.9 Å². The van der Waals surface area contributed by atoms with Crippen molar-refractivity contribution in [3.63, 3.8) is 0 Å². The lowest BCUT2D eigenvalue weighted by Crippen LogP contribution is -2.60. The van der Waals surface area contributed by atoms with Crippen LogP contribution < -0.4 is 5.32 Å². The zero-order chi connectivity index (χ0) is 16.4. The molecule has 0 amide bonds. The standard InChI is InChI=1S/C13H17NO8/c15-4-8-9(17)10(18)11(19)12(22-8)14-5-1-2-7(16)6(3-5)13(20)21/h1-3,8-12,14-19H,4H2,(H,20,21)/t8-,9-,10+,11-,12?/m1/s1. The predicted octanol–water partition coefficient (Wildman–Crippen LogP) is -1.70. The van der Waals surface area contributed by atoms with Crippen molar-refractivity contribution in [2.45, 2.75) is 30.6 Å². The fraction of sp³-hybridized carbons (Fsp3) is 0.462. The number of phenols is 1. The van der Waals surface area contributed by atoms with Crippen molar-refractivity contribution < 1.29 is 40.2 Å². The molecule has 1 aromatic rings. The molecular weight excluding hydrogens is 298 g/mol. The molecule has 0 spiro atoms. The maximum absolute atomic E-state index is 10.9. The molecule has 0 aliphatic carbocycles. The first-order chi connectivity index (χ1) is 10.3. The van der Waals surface area contributed by atoms with Gasteiger partial charge in [0, 0.05) is 5.69 Å². The summed E-state index contributed by atoms with van der Waals surface area (Å²) in [6.07, 6.45) is -6.78. The maximum Gasteiger partial charge on any atom is 0.339 e. The van der Waals surface area contributed by atoms with Gasteiger partial charge in [-0.15, -0.1) is 0 Å². The lowest BCUT2D eigenvalue weighted by atomic mass is 9.98. The van der Waals surface area contributed by atoms with E-state index in [0.717, 1.165) is 12.1 Å². The fourth-order valence-corrected chi connectivity index (χ4v) is 2.18. The van der Waals surface area contributed by atoms with Crippen LogP contribution in [0.1, 0.15) is 10.4 Å². The second-order valence-corrected chi connectivity index (χ2v) is 4.93. The van der Waals surface area contributed by atoms with Crippen molar-refractivity contribution in [2.24, 2.45) is 0 Å². The second kappa shape index (κ2) is 6.46. The molecule has 1 heterocycles. The van der Waals surface area contributed by atoms with Crippen molar-refractivity contribution >= 4 is 11.7 Å². The van der Waals surface area contributed by atoms with Gasteiger partial charge in [0.2, 0.25) is 0 Å². The van der Waals surface area contributed by atoms with E-state index in [1.807, 2.05) is 0 Å². The van der Waals surface area contributed by atoms with Crippen LogP contribution in [0.25, 0.3) is 0 Å². The largest absolute Gasteiger partial charge is 0.507 e. The number of anilines is 1. The number of aliphatic hydroxyl groups is 4. The molecule has 1 unspecified atom stereocenters. The Bertz CT molecular complexity index is 549. The minimum atomic E-state index is -1.54. The van der Waals surface area contributed by atoms with Gasteiger partial charge >= 0.3 is 5.97 Å². The summed E-state index contributed by atoms with van der Waals surface area (Å²) < 4.78 is 5.23. The summed E-state index contributed by atoms with van der Waals surface area (Å²) in [5.41, 5.74) is -0.144. The highest BCUT2D eigenvalue weighted by molar-refractivity contribution is 5.92. The summed E-state index contributed by atoms with van der Waals surface area (Å²) >= 11 is 0. The highest BCUT2D eigenvalue weighted by Gasteiger charge is 2.43. The van der Waals surface area contributed by atoms with Crippen molar-refractivity contribution in [3.8, 4) is 5.75 Å². The summed E-state index contributed by atoms with van der Waals surface area (Å²) in [6, 6.07) is 3.62. The van der Waals surface area contributed by atoms with Gasteiger partial charge in [-0.2, -0.15) is 0 Å². The summed E-state index contributed by atoms with van der Waals surface area (Å²) in [7, 11) is 0. The Morgan fingerprint density at radius 2 is 1.86 bits per heavy atom. The van der Waals surface area contributed by atoms with Gasteiger partial charge in [-0.1, -0.05) is 0 Å². The van der Waals surface area contributed by atoms with Crippen LogP contribution in [-0.2, 0) is 4.74 Å². The van der Waals surface area contributed by atoms with Crippen LogP contribution in [0.3, 0.4) is 0 Å². The molecule has 1 saturated heterocycles. The van der Waals surface area contributed by atoms with E-state index in [-0.39, 0.29) is 11.3 Å². The van der Waals surface area contributed by atoms with Crippen LogP contribution in [0, 0.1) is 0 Å². The third-order valence-electron chi connectivity index (χ3n) is 3.43. The monoisotopic (exact) mass is 315 g/mol. The lowest BCUT2D eigenvalue weighted by molar-refractivity contribution is -0.221. The number of aromatic carboxylic acids is 1. The highest BCUT2D eigenvalue weighted by Crippen LogP contribution is 2.26. The van der Waals surface area contributed by atoms with Gasteiger partial charge in [-0.3, -0.25) is 0 Å². The minimum Gasteiger partial charge on any atom is -0.507 e. The molecule has 9 heteroatoms. The first kappa shape index (κ1) is 16.5. The topological polar surface area (TPSA) is 160 Å². The molecule has 0 aromatic heterocycles. The average molecular weight is 315 g/mol. The fourth-order valence-electron chi connectivity index (χ4n) is 2.18. The lowest BCUT2D eigenvalue weighted by Gasteiger charge is -2.40. The van der Waals surface area contributed by atoms with E-state index in [0.29, 0.717) is 0 Å². The smallest absolute Gasteiger partial charge is 0.339 e. The minimum absolute atomic E-state index is 0.208. The molecule has 1 aromatic carbocycles. The number of carbonyl (C=O) groups is 1. The number of carboxylic acids is 1. The summed E-state index contributed by atoms with van der Waals surface area (Å²) in [4.78, 5) is 10.9. The van der Waals surface area contributed by atoms with E-state index in [2.05, 4.69) is 5.32 Å². The number of aromatic hydroxyl groups is 1. The summed E-state index contributed by atoms with van der Waals surface area (Å²) in [5, 5.41) is 59.3. The van der Waals surface area contributed by atoms with Crippen LogP contribution in [0.2, 0.25) is 0 Å². The van der Waals surface area contributed by atoms with Crippen molar-refractivity contribution in [1.82, 2.24) is 0 Å². The molecule has 2 rings (SSSR count). The van der Waals surface area contributed by atoms with Crippen LogP contribution in [-0.4, -0.2) is 73.9 Å². The number of hydrogen-bond donors (Lipinski definition) is 7. The molecule has 1 aliphatic rings. The van der Waals surface area contributed by atoms with E-state index >= 15 is 0 Å². The van der Waals surface area contributed by atoms with E-state index in [1.54, 1.807) is 0 Å². The summed E-state index contributed by atoms with van der Waals surface area (Å²) in [5.74, 6) is -1.76. The summed E-state index contributed by atoms with van der Waals surface area (Å²) in [6.45, 7) is -0.570. The third-order valence-corrected chi connectivity index (χ3v) is 3.43. The Labute approximate surface area is 125 Å². The maximum atomic E-state index is 10.9. The van der Waals surface area contributed by atoms with Crippen LogP contribution in [0.5, 0.6) is 5.75 Å². The van der Waals surface area contributed by atoms with E-state index in [1.165, 1.54) is 6.07 Å². The van der Waals surface area contributed by atoms with Gasteiger partial charge in [0.15, 0.2) is 6.23 Å². The Morgan fingerprint density at radius 3 is 2.45 bits per heavy atom.